The van der Waals surface area contributed by atoms with Crippen LogP contribution < -0.4 is 5.73 Å². The SMILES string of the molecule is Nc1c(F)cccc1C(=O)C1CCCOC1. The van der Waals surface area contributed by atoms with E-state index in [0.717, 1.165) is 12.8 Å². The average molecular weight is 223 g/mol. The zero-order valence-electron chi connectivity index (χ0n) is 8.91. The first-order valence-corrected chi connectivity index (χ1v) is 5.36. The molecule has 0 aromatic heterocycles. The highest BCUT2D eigenvalue weighted by Gasteiger charge is 2.25. The maximum Gasteiger partial charge on any atom is 0.170 e. The molecule has 0 amide bonds. The quantitative estimate of drug-likeness (QED) is 0.616. The van der Waals surface area contributed by atoms with Crippen molar-refractivity contribution in [1.29, 1.82) is 0 Å². The number of para-hydroxylation sites is 1. The highest BCUT2D eigenvalue weighted by Crippen LogP contribution is 2.23. The van der Waals surface area contributed by atoms with Gasteiger partial charge in [0.15, 0.2) is 5.78 Å². The maximum atomic E-state index is 13.2. The molecule has 1 aliphatic heterocycles. The van der Waals surface area contributed by atoms with Crippen molar-refractivity contribution in [3.8, 4) is 0 Å². The van der Waals surface area contributed by atoms with Crippen LogP contribution in [0.3, 0.4) is 0 Å². The average Bonchev–Trinajstić information content (AvgIpc) is 2.33. The number of hydrogen-bond acceptors (Lipinski definition) is 3. The molecule has 4 heteroatoms. The minimum Gasteiger partial charge on any atom is -0.396 e. The number of ether oxygens (including phenoxy) is 1. The van der Waals surface area contributed by atoms with Gasteiger partial charge in [0.2, 0.25) is 0 Å². The fraction of sp³-hybridized carbons (Fsp3) is 0.417. The Morgan fingerprint density at radius 1 is 1.50 bits per heavy atom. The number of nitrogen functional groups attached to an aromatic ring is 1. The van der Waals surface area contributed by atoms with E-state index in [1.54, 1.807) is 6.07 Å². The number of benzene rings is 1. The Morgan fingerprint density at radius 2 is 2.31 bits per heavy atom. The van der Waals surface area contributed by atoms with Gasteiger partial charge >= 0.3 is 0 Å². The Bertz CT molecular complexity index is 400. The molecule has 0 saturated carbocycles. The number of carbonyl (C=O) groups is 1. The van der Waals surface area contributed by atoms with Gasteiger partial charge in [0.25, 0.3) is 0 Å². The predicted octanol–water partition coefficient (Wildman–Crippen LogP) is 2.02. The molecule has 1 unspecified atom stereocenters. The molecule has 2 N–H and O–H groups in total. The summed E-state index contributed by atoms with van der Waals surface area (Å²) in [7, 11) is 0. The lowest BCUT2D eigenvalue weighted by molar-refractivity contribution is 0.0461. The Morgan fingerprint density at radius 3 is 3.00 bits per heavy atom. The van der Waals surface area contributed by atoms with Crippen LogP contribution in [0.5, 0.6) is 0 Å². The fourth-order valence-corrected chi connectivity index (χ4v) is 1.92. The van der Waals surface area contributed by atoms with Gasteiger partial charge in [0, 0.05) is 18.1 Å². The second kappa shape index (κ2) is 4.61. The van der Waals surface area contributed by atoms with E-state index in [1.165, 1.54) is 12.1 Å². The fourth-order valence-electron chi connectivity index (χ4n) is 1.92. The van der Waals surface area contributed by atoms with E-state index in [0.29, 0.717) is 13.2 Å². The molecule has 1 heterocycles. The molecule has 0 bridgehead atoms. The highest BCUT2D eigenvalue weighted by atomic mass is 19.1. The van der Waals surface area contributed by atoms with Crippen molar-refractivity contribution in [3.05, 3.63) is 29.6 Å². The van der Waals surface area contributed by atoms with Gasteiger partial charge in [-0.15, -0.1) is 0 Å². The summed E-state index contributed by atoms with van der Waals surface area (Å²) in [6.07, 6.45) is 1.65. The topological polar surface area (TPSA) is 52.3 Å². The molecule has 1 aromatic rings. The van der Waals surface area contributed by atoms with Gasteiger partial charge < -0.3 is 10.5 Å². The van der Waals surface area contributed by atoms with Crippen LogP contribution in [0.25, 0.3) is 0 Å². The molecule has 0 aliphatic carbocycles. The molecule has 1 saturated heterocycles. The summed E-state index contributed by atoms with van der Waals surface area (Å²) in [5, 5.41) is 0. The Labute approximate surface area is 93.4 Å². The van der Waals surface area contributed by atoms with Crippen LogP contribution in [0.1, 0.15) is 23.2 Å². The number of rotatable bonds is 2. The predicted molar refractivity (Wildman–Crippen MR) is 58.7 cm³/mol. The third kappa shape index (κ3) is 2.07. The van der Waals surface area contributed by atoms with Gasteiger partial charge in [0.05, 0.1) is 12.3 Å². The van der Waals surface area contributed by atoms with Crippen LogP contribution in [0, 0.1) is 11.7 Å². The lowest BCUT2D eigenvalue weighted by atomic mass is 9.92. The second-order valence-corrected chi connectivity index (χ2v) is 3.98. The number of hydrogen-bond donors (Lipinski definition) is 1. The van der Waals surface area contributed by atoms with Gasteiger partial charge in [-0.3, -0.25) is 4.79 Å². The summed E-state index contributed by atoms with van der Waals surface area (Å²) < 4.78 is 18.4. The standard InChI is InChI=1S/C12H14FNO2/c13-10-5-1-4-9(11(10)14)12(15)8-3-2-6-16-7-8/h1,4-5,8H,2-3,6-7,14H2. The Hall–Kier alpha value is -1.42. The lowest BCUT2D eigenvalue weighted by Crippen LogP contribution is -2.26. The number of nitrogens with two attached hydrogens (primary N) is 1. The van der Waals surface area contributed by atoms with Crippen LogP contribution in [-0.2, 0) is 4.74 Å². The number of ketones is 1. The summed E-state index contributed by atoms with van der Waals surface area (Å²) in [6.45, 7) is 1.11. The minimum absolute atomic E-state index is 0.0573. The molecular weight excluding hydrogens is 209 g/mol. The van der Waals surface area contributed by atoms with Gasteiger partial charge in [-0.1, -0.05) is 6.07 Å². The normalized spacial score (nSPS) is 20.7. The zero-order valence-corrected chi connectivity index (χ0v) is 8.91. The maximum absolute atomic E-state index is 13.2. The summed E-state index contributed by atoms with van der Waals surface area (Å²) in [5.41, 5.74) is 5.77. The van der Waals surface area contributed by atoms with E-state index in [1.807, 2.05) is 0 Å². The van der Waals surface area contributed by atoms with Crippen molar-refractivity contribution in [2.24, 2.45) is 5.92 Å². The number of Topliss-reactive ketones (excluding diaryl/α,β-unsaturated/α-hetero) is 1. The largest absolute Gasteiger partial charge is 0.396 e. The van der Waals surface area contributed by atoms with E-state index >= 15 is 0 Å². The van der Waals surface area contributed by atoms with Crippen LogP contribution in [-0.4, -0.2) is 19.0 Å². The summed E-state index contributed by atoms with van der Waals surface area (Å²) in [5.74, 6) is -0.836. The molecule has 1 aromatic carbocycles. The van der Waals surface area contributed by atoms with Crippen LogP contribution in [0.15, 0.2) is 18.2 Å². The molecule has 1 fully saturated rings. The first kappa shape index (κ1) is 11.1. The Balaban J connectivity index is 2.22. The summed E-state index contributed by atoms with van der Waals surface area (Å²) in [4.78, 5) is 12.0. The molecule has 86 valence electrons. The summed E-state index contributed by atoms with van der Waals surface area (Å²) >= 11 is 0. The Kier molecular flexibility index (Phi) is 3.19. The lowest BCUT2D eigenvalue weighted by Gasteiger charge is -2.21. The van der Waals surface area contributed by atoms with Crippen molar-refractivity contribution >= 4 is 11.5 Å². The highest BCUT2D eigenvalue weighted by molar-refractivity contribution is 6.02. The molecule has 1 atom stereocenters. The van der Waals surface area contributed by atoms with Crippen molar-refractivity contribution in [2.45, 2.75) is 12.8 Å². The second-order valence-electron chi connectivity index (χ2n) is 3.98. The van der Waals surface area contributed by atoms with E-state index in [-0.39, 0.29) is 23.0 Å². The van der Waals surface area contributed by atoms with Gasteiger partial charge in [-0.2, -0.15) is 0 Å². The van der Waals surface area contributed by atoms with Gasteiger partial charge in [0.1, 0.15) is 5.82 Å². The van der Waals surface area contributed by atoms with Crippen LogP contribution in [0.2, 0.25) is 0 Å². The van der Waals surface area contributed by atoms with Crippen molar-refractivity contribution in [2.75, 3.05) is 18.9 Å². The minimum atomic E-state index is -0.539. The van der Waals surface area contributed by atoms with Crippen molar-refractivity contribution in [3.63, 3.8) is 0 Å². The van der Waals surface area contributed by atoms with E-state index < -0.39 is 5.82 Å². The molecule has 1 aliphatic rings. The van der Waals surface area contributed by atoms with Crippen molar-refractivity contribution < 1.29 is 13.9 Å². The first-order chi connectivity index (χ1) is 7.70. The smallest absolute Gasteiger partial charge is 0.170 e. The summed E-state index contributed by atoms with van der Waals surface area (Å²) in [6, 6.07) is 4.32. The van der Waals surface area contributed by atoms with Crippen LogP contribution >= 0.6 is 0 Å². The van der Waals surface area contributed by atoms with Gasteiger partial charge in [-0.05, 0) is 25.0 Å². The van der Waals surface area contributed by atoms with E-state index in [2.05, 4.69) is 0 Å². The first-order valence-electron chi connectivity index (χ1n) is 5.36. The third-order valence-electron chi connectivity index (χ3n) is 2.85. The molecule has 0 radical (unpaired) electrons. The molecule has 0 spiro atoms. The van der Waals surface area contributed by atoms with Crippen LogP contribution in [0.4, 0.5) is 10.1 Å². The monoisotopic (exact) mass is 223 g/mol. The number of anilines is 1. The molecule has 3 nitrogen and oxygen atoms in total. The zero-order chi connectivity index (χ0) is 11.5. The van der Waals surface area contributed by atoms with E-state index in [9.17, 15) is 9.18 Å². The molecule has 2 rings (SSSR count). The number of carbonyl (C=O) groups excluding carboxylic acids is 1. The van der Waals surface area contributed by atoms with Crippen molar-refractivity contribution in [1.82, 2.24) is 0 Å². The van der Waals surface area contributed by atoms with E-state index in [4.69, 9.17) is 10.5 Å². The van der Waals surface area contributed by atoms with Gasteiger partial charge in [-0.25, -0.2) is 4.39 Å². The number of halogens is 1. The molecular formula is C12H14FNO2. The third-order valence-corrected chi connectivity index (χ3v) is 2.85. The molecule has 16 heavy (non-hydrogen) atoms.